The van der Waals surface area contributed by atoms with Crippen LogP contribution in [-0.2, 0) is 14.6 Å². The Morgan fingerprint density at radius 3 is 2.41 bits per heavy atom. The van der Waals surface area contributed by atoms with Gasteiger partial charge in [0.05, 0.1) is 21.7 Å². The van der Waals surface area contributed by atoms with Crippen molar-refractivity contribution in [2.24, 2.45) is 0 Å². The Labute approximate surface area is 193 Å². The quantitative estimate of drug-likeness (QED) is 0.419. The largest absolute Gasteiger partial charge is 0.494 e. The van der Waals surface area contributed by atoms with Crippen LogP contribution in [0.4, 0.5) is 5.13 Å². The zero-order valence-electron chi connectivity index (χ0n) is 18.7. The Bertz CT molecular complexity index is 1140. The molecule has 0 N–H and O–H groups in total. The van der Waals surface area contributed by atoms with Crippen molar-refractivity contribution in [3.05, 3.63) is 48.5 Å². The molecule has 0 unspecified atom stereocenters. The van der Waals surface area contributed by atoms with Crippen molar-refractivity contribution < 1.29 is 17.9 Å². The van der Waals surface area contributed by atoms with Gasteiger partial charge in [0.15, 0.2) is 15.0 Å². The van der Waals surface area contributed by atoms with Crippen molar-refractivity contribution in [2.45, 2.75) is 25.7 Å². The molecule has 3 aromatic rings. The van der Waals surface area contributed by atoms with E-state index in [1.54, 1.807) is 18.2 Å². The summed E-state index contributed by atoms with van der Waals surface area (Å²) in [4.78, 5) is 21.7. The van der Waals surface area contributed by atoms with Crippen LogP contribution in [-0.4, -0.2) is 62.7 Å². The zero-order chi connectivity index (χ0) is 23.1. The average molecular weight is 476 g/mol. The molecule has 0 fully saturated rings. The third-order valence-corrected chi connectivity index (χ3v) is 7.80. The van der Waals surface area contributed by atoms with Gasteiger partial charge in [-0.3, -0.25) is 9.69 Å². The summed E-state index contributed by atoms with van der Waals surface area (Å²) in [6.45, 7) is 9.28. The van der Waals surface area contributed by atoms with Gasteiger partial charge in [-0.25, -0.2) is 13.4 Å². The molecular formula is C23H29N3O4S2. The van der Waals surface area contributed by atoms with Crippen LogP contribution in [0.15, 0.2) is 53.4 Å². The first-order valence-electron chi connectivity index (χ1n) is 10.7. The molecule has 1 heterocycles. The monoisotopic (exact) mass is 475 g/mol. The fourth-order valence-corrected chi connectivity index (χ4v) is 5.58. The molecule has 0 radical (unpaired) electrons. The van der Waals surface area contributed by atoms with Crippen molar-refractivity contribution in [1.29, 1.82) is 0 Å². The van der Waals surface area contributed by atoms with E-state index in [0.29, 0.717) is 24.8 Å². The fraction of sp³-hybridized carbons (Fsp3) is 0.391. The standard InChI is InChI=1S/C23H29N3O4S2/c1-4-25(5-2)14-15-26(22(27)17-32(28,29)19-10-8-7-9-11-19)23-24-20-13-12-18(30-6-3)16-21(20)31-23/h7-13,16H,4-6,14-15,17H2,1-3H3. The fourth-order valence-electron chi connectivity index (χ4n) is 3.32. The minimum atomic E-state index is -3.75. The number of fused-ring (bicyclic) bond motifs is 1. The zero-order valence-corrected chi connectivity index (χ0v) is 20.3. The number of hydrogen-bond donors (Lipinski definition) is 0. The molecule has 172 valence electrons. The summed E-state index contributed by atoms with van der Waals surface area (Å²) in [6, 6.07) is 13.7. The number of anilines is 1. The molecule has 0 bridgehead atoms. The summed E-state index contributed by atoms with van der Waals surface area (Å²) >= 11 is 1.36. The van der Waals surface area contributed by atoms with E-state index >= 15 is 0 Å². The lowest BCUT2D eigenvalue weighted by molar-refractivity contribution is -0.116. The van der Waals surface area contributed by atoms with Gasteiger partial charge in [-0.1, -0.05) is 43.4 Å². The Morgan fingerprint density at radius 2 is 1.75 bits per heavy atom. The minimum Gasteiger partial charge on any atom is -0.494 e. The Morgan fingerprint density at radius 1 is 1.03 bits per heavy atom. The van der Waals surface area contributed by atoms with E-state index in [2.05, 4.69) is 23.7 Å². The highest BCUT2D eigenvalue weighted by molar-refractivity contribution is 7.92. The smallest absolute Gasteiger partial charge is 0.244 e. The highest BCUT2D eigenvalue weighted by Crippen LogP contribution is 2.32. The molecule has 2 aromatic carbocycles. The molecule has 0 aliphatic carbocycles. The summed E-state index contributed by atoms with van der Waals surface area (Å²) in [5, 5.41) is 0.495. The first-order chi connectivity index (χ1) is 15.4. The van der Waals surface area contributed by atoms with Gasteiger partial charge in [0, 0.05) is 13.1 Å². The minimum absolute atomic E-state index is 0.141. The average Bonchev–Trinajstić information content (AvgIpc) is 3.20. The maximum absolute atomic E-state index is 13.2. The van der Waals surface area contributed by atoms with Crippen molar-refractivity contribution in [3.8, 4) is 5.75 Å². The molecule has 1 aromatic heterocycles. The third-order valence-electron chi connectivity index (χ3n) is 5.14. The summed E-state index contributed by atoms with van der Waals surface area (Å²) < 4.78 is 32.1. The number of thiazole rings is 1. The number of likely N-dealkylation sites (N-methyl/N-ethyl adjacent to an activating group) is 1. The molecule has 0 saturated heterocycles. The highest BCUT2D eigenvalue weighted by Gasteiger charge is 2.26. The Kier molecular flexibility index (Phi) is 8.22. The van der Waals surface area contributed by atoms with Crippen LogP contribution in [0.25, 0.3) is 10.2 Å². The van der Waals surface area contributed by atoms with E-state index in [1.807, 2.05) is 25.1 Å². The number of rotatable bonds is 11. The lowest BCUT2D eigenvalue weighted by atomic mass is 10.3. The first-order valence-corrected chi connectivity index (χ1v) is 13.2. The normalized spacial score (nSPS) is 11.8. The van der Waals surface area contributed by atoms with E-state index in [-0.39, 0.29) is 4.90 Å². The molecule has 7 nitrogen and oxygen atoms in total. The van der Waals surface area contributed by atoms with Crippen LogP contribution in [0.5, 0.6) is 5.75 Å². The molecule has 1 amide bonds. The predicted octanol–water partition coefficient (Wildman–Crippen LogP) is 3.84. The second-order valence-corrected chi connectivity index (χ2v) is 10.2. The van der Waals surface area contributed by atoms with E-state index in [4.69, 9.17) is 4.74 Å². The summed E-state index contributed by atoms with van der Waals surface area (Å²) in [5.41, 5.74) is 0.750. The SMILES string of the molecule is CCOc1ccc2nc(N(CCN(CC)CC)C(=O)CS(=O)(=O)c3ccccc3)sc2c1. The molecule has 32 heavy (non-hydrogen) atoms. The summed E-state index contributed by atoms with van der Waals surface area (Å²) in [6.07, 6.45) is 0. The van der Waals surface area contributed by atoms with Crippen molar-refractivity contribution >= 4 is 42.4 Å². The third kappa shape index (κ3) is 5.85. The number of aromatic nitrogens is 1. The van der Waals surface area contributed by atoms with Crippen molar-refractivity contribution in [2.75, 3.05) is 43.4 Å². The van der Waals surface area contributed by atoms with Crippen molar-refractivity contribution in [3.63, 3.8) is 0 Å². The van der Waals surface area contributed by atoms with Crippen molar-refractivity contribution in [1.82, 2.24) is 9.88 Å². The molecule has 0 spiro atoms. The second kappa shape index (κ2) is 10.9. The van der Waals surface area contributed by atoms with Gasteiger partial charge in [-0.05, 0) is 50.3 Å². The highest BCUT2D eigenvalue weighted by atomic mass is 32.2. The van der Waals surface area contributed by atoms with Crippen LogP contribution < -0.4 is 9.64 Å². The number of nitrogens with zero attached hydrogens (tertiary/aromatic N) is 3. The first kappa shape index (κ1) is 24.2. The Balaban J connectivity index is 1.90. The van der Waals surface area contributed by atoms with Gasteiger partial charge in [0.1, 0.15) is 11.5 Å². The van der Waals surface area contributed by atoms with Gasteiger partial charge in [-0.15, -0.1) is 0 Å². The van der Waals surface area contributed by atoms with Crippen LogP contribution in [0.3, 0.4) is 0 Å². The number of carbonyl (C=O) groups excluding carboxylic acids is 1. The van der Waals surface area contributed by atoms with Gasteiger partial charge >= 0.3 is 0 Å². The summed E-state index contributed by atoms with van der Waals surface area (Å²) in [7, 11) is -3.75. The van der Waals surface area contributed by atoms with E-state index < -0.39 is 21.5 Å². The number of sulfone groups is 1. The number of carbonyl (C=O) groups is 1. The topological polar surface area (TPSA) is 79.8 Å². The second-order valence-electron chi connectivity index (χ2n) is 7.20. The number of hydrogen-bond acceptors (Lipinski definition) is 7. The molecular weight excluding hydrogens is 446 g/mol. The van der Waals surface area contributed by atoms with Crippen LogP contribution in [0.2, 0.25) is 0 Å². The maximum atomic E-state index is 13.2. The molecule has 3 rings (SSSR count). The van der Waals surface area contributed by atoms with E-state index in [0.717, 1.165) is 29.1 Å². The molecule has 0 aliphatic rings. The van der Waals surface area contributed by atoms with Gasteiger partial charge in [-0.2, -0.15) is 0 Å². The van der Waals surface area contributed by atoms with Gasteiger partial charge < -0.3 is 9.64 Å². The molecule has 0 saturated carbocycles. The molecule has 0 atom stereocenters. The predicted molar refractivity (Wildman–Crippen MR) is 129 cm³/mol. The van der Waals surface area contributed by atoms with Crippen LogP contribution in [0.1, 0.15) is 20.8 Å². The number of benzene rings is 2. The van der Waals surface area contributed by atoms with Crippen LogP contribution in [0, 0.1) is 0 Å². The van der Waals surface area contributed by atoms with Gasteiger partial charge in [0.2, 0.25) is 5.91 Å². The lowest BCUT2D eigenvalue weighted by Crippen LogP contribution is -2.41. The van der Waals surface area contributed by atoms with Crippen LogP contribution >= 0.6 is 11.3 Å². The molecule has 9 heteroatoms. The van der Waals surface area contributed by atoms with Gasteiger partial charge in [0.25, 0.3) is 0 Å². The number of ether oxygens (including phenoxy) is 1. The number of amides is 1. The molecule has 0 aliphatic heterocycles. The van der Waals surface area contributed by atoms with E-state index in [1.165, 1.54) is 28.4 Å². The Hall–Kier alpha value is -2.49. The maximum Gasteiger partial charge on any atom is 0.244 e. The summed E-state index contributed by atoms with van der Waals surface area (Å²) in [5.74, 6) is -0.344. The lowest BCUT2D eigenvalue weighted by Gasteiger charge is -2.24. The van der Waals surface area contributed by atoms with E-state index in [9.17, 15) is 13.2 Å².